The van der Waals surface area contributed by atoms with Gasteiger partial charge < -0.3 is 9.47 Å². The molecule has 0 aliphatic heterocycles. The first kappa shape index (κ1) is 19.7. The van der Waals surface area contributed by atoms with E-state index in [1.807, 2.05) is 24.3 Å². The number of methoxy groups -OCH3 is 1. The molecule has 0 fully saturated rings. The summed E-state index contributed by atoms with van der Waals surface area (Å²) < 4.78 is 10.6. The number of aryl methyl sites for hydroxylation is 1. The number of unbranched alkanes of at least 4 members (excludes halogenated alkanes) is 2. The van der Waals surface area contributed by atoms with Crippen LogP contribution in [0.1, 0.15) is 42.1 Å². The van der Waals surface area contributed by atoms with Crippen LogP contribution in [0.25, 0.3) is 11.1 Å². The number of ether oxygens (including phenoxy) is 2. The number of carbonyl (C=O) groups excluding carboxylic acids is 1. The molecule has 0 amide bonds. The predicted molar refractivity (Wildman–Crippen MR) is 113 cm³/mol. The average molecular weight is 374 g/mol. The maximum Gasteiger partial charge on any atom is 0.343 e. The molecule has 0 saturated carbocycles. The van der Waals surface area contributed by atoms with Crippen molar-refractivity contribution in [3.05, 3.63) is 83.9 Å². The first-order chi connectivity index (χ1) is 13.7. The minimum atomic E-state index is -0.383. The van der Waals surface area contributed by atoms with E-state index in [9.17, 15) is 4.79 Å². The first-order valence-corrected chi connectivity index (χ1v) is 9.75. The van der Waals surface area contributed by atoms with Gasteiger partial charge in [0.1, 0.15) is 11.5 Å². The molecule has 3 rings (SSSR count). The van der Waals surface area contributed by atoms with Crippen LogP contribution in [0.2, 0.25) is 0 Å². The molecule has 3 aromatic carbocycles. The number of rotatable bonds is 8. The van der Waals surface area contributed by atoms with E-state index in [-0.39, 0.29) is 5.97 Å². The monoisotopic (exact) mass is 374 g/mol. The summed E-state index contributed by atoms with van der Waals surface area (Å²) in [7, 11) is 1.59. The molecular weight excluding hydrogens is 348 g/mol. The van der Waals surface area contributed by atoms with Crippen molar-refractivity contribution in [3.63, 3.8) is 0 Å². The molecule has 0 bridgehead atoms. The van der Waals surface area contributed by atoms with Gasteiger partial charge in [0, 0.05) is 0 Å². The van der Waals surface area contributed by atoms with Crippen molar-refractivity contribution in [2.24, 2.45) is 0 Å². The number of carbonyl (C=O) groups is 1. The Kier molecular flexibility index (Phi) is 6.85. The zero-order valence-corrected chi connectivity index (χ0v) is 16.5. The molecule has 0 N–H and O–H groups in total. The van der Waals surface area contributed by atoms with Crippen LogP contribution < -0.4 is 9.47 Å². The van der Waals surface area contributed by atoms with Crippen LogP contribution in [0.15, 0.2) is 72.8 Å². The predicted octanol–water partition coefficient (Wildman–Crippen LogP) is 6.31. The SMILES string of the molecule is CCCCCc1ccc(-c2ccc(OC(=O)c3ccc(OC)cc3)cc2)cc1. The summed E-state index contributed by atoms with van der Waals surface area (Å²) >= 11 is 0. The number of esters is 1. The standard InChI is InChI=1S/C25H26O3/c1-3-4-5-6-19-7-9-20(10-8-19)21-11-17-24(18-12-21)28-25(26)22-13-15-23(27-2)16-14-22/h7-18H,3-6H2,1-2H3. The lowest BCUT2D eigenvalue weighted by atomic mass is 10.0. The molecule has 3 nitrogen and oxygen atoms in total. The second kappa shape index (κ2) is 9.75. The first-order valence-electron chi connectivity index (χ1n) is 9.75. The maximum absolute atomic E-state index is 12.3. The van der Waals surface area contributed by atoms with Crippen LogP contribution in [0, 0.1) is 0 Å². The Labute approximate surface area is 166 Å². The third kappa shape index (κ3) is 5.23. The molecule has 144 valence electrons. The highest BCUT2D eigenvalue weighted by molar-refractivity contribution is 5.91. The van der Waals surface area contributed by atoms with Gasteiger partial charge in [-0.3, -0.25) is 0 Å². The van der Waals surface area contributed by atoms with E-state index in [4.69, 9.17) is 9.47 Å². The van der Waals surface area contributed by atoms with E-state index >= 15 is 0 Å². The third-order valence-corrected chi connectivity index (χ3v) is 4.75. The van der Waals surface area contributed by atoms with Crippen LogP contribution in [0.3, 0.4) is 0 Å². The van der Waals surface area contributed by atoms with Gasteiger partial charge in [0.15, 0.2) is 0 Å². The molecule has 0 saturated heterocycles. The molecule has 0 aliphatic carbocycles. The molecule has 0 spiro atoms. The highest BCUT2D eigenvalue weighted by Gasteiger charge is 2.09. The van der Waals surface area contributed by atoms with E-state index in [1.54, 1.807) is 31.4 Å². The molecule has 0 unspecified atom stereocenters. The van der Waals surface area contributed by atoms with Crippen LogP contribution in [-0.4, -0.2) is 13.1 Å². The fraction of sp³-hybridized carbons (Fsp3) is 0.240. The summed E-state index contributed by atoms with van der Waals surface area (Å²) in [6.07, 6.45) is 4.89. The van der Waals surface area contributed by atoms with E-state index in [2.05, 4.69) is 31.2 Å². The van der Waals surface area contributed by atoms with Crippen molar-refractivity contribution in [2.45, 2.75) is 32.6 Å². The van der Waals surface area contributed by atoms with Crippen molar-refractivity contribution in [2.75, 3.05) is 7.11 Å². The molecule has 3 heteroatoms. The Morgan fingerprint density at radius 3 is 1.89 bits per heavy atom. The van der Waals surface area contributed by atoms with E-state index in [0.29, 0.717) is 17.1 Å². The highest BCUT2D eigenvalue weighted by Crippen LogP contribution is 2.24. The Morgan fingerprint density at radius 2 is 1.32 bits per heavy atom. The fourth-order valence-electron chi connectivity index (χ4n) is 3.05. The van der Waals surface area contributed by atoms with Gasteiger partial charge in [-0.25, -0.2) is 4.79 Å². The van der Waals surface area contributed by atoms with Crippen molar-refractivity contribution in [3.8, 4) is 22.6 Å². The maximum atomic E-state index is 12.3. The molecule has 3 aromatic rings. The molecule has 0 radical (unpaired) electrons. The van der Waals surface area contributed by atoms with Crippen LogP contribution in [0.5, 0.6) is 11.5 Å². The summed E-state index contributed by atoms with van der Waals surface area (Å²) in [6, 6.07) is 23.2. The summed E-state index contributed by atoms with van der Waals surface area (Å²) in [5.41, 5.74) is 4.13. The lowest BCUT2D eigenvalue weighted by Crippen LogP contribution is -2.08. The van der Waals surface area contributed by atoms with Gasteiger partial charge in [0.2, 0.25) is 0 Å². The van der Waals surface area contributed by atoms with Gasteiger partial charge in [-0.2, -0.15) is 0 Å². The van der Waals surface area contributed by atoms with Crippen LogP contribution in [0.4, 0.5) is 0 Å². The smallest absolute Gasteiger partial charge is 0.343 e. The molecule has 0 aromatic heterocycles. The van der Waals surface area contributed by atoms with Crippen LogP contribution >= 0.6 is 0 Å². The Bertz CT molecular complexity index is 879. The highest BCUT2D eigenvalue weighted by atomic mass is 16.5. The van der Waals surface area contributed by atoms with Gasteiger partial charge in [-0.1, -0.05) is 56.2 Å². The average Bonchev–Trinajstić information content (AvgIpc) is 2.75. The van der Waals surface area contributed by atoms with Gasteiger partial charge in [0.05, 0.1) is 12.7 Å². The zero-order chi connectivity index (χ0) is 19.8. The van der Waals surface area contributed by atoms with Crippen molar-refractivity contribution >= 4 is 5.97 Å². The molecule has 28 heavy (non-hydrogen) atoms. The van der Waals surface area contributed by atoms with E-state index < -0.39 is 0 Å². The fourth-order valence-corrected chi connectivity index (χ4v) is 3.05. The molecule has 0 aliphatic rings. The minimum Gasteiger partial charge on any atom is -0.497 e. The summed E-state index contributed by atoms with van der Waals surface area (Å²) in [6.45, 7) is 2.22. The van der Waals surface area contributed by atoms with Gasteiger partial charge >= 0.3 is 5.97 Å². The lowest BCUT2D eigenvalue weighted by Gasteiger charge is -2.08. The molecule has 0 atom stereocenters. The van der Waals surface area contributed by atoms with E-state index in [1.165, 1.54) is 24.8 Å². The van der Waals surface area contributed by atoms with Gasteiger partial charge in [0.25, 0.3) is 0 Å². The molecule has 0 heterocycles. The van der Waals surface area contributed by atoms with Crippen molar-refractivity contribution < 1.29 is 14.3 Å². The van der Waals surface area contributed by atoms with Crippen molar-refractivity contribution in [1.29, 1.82) is 0 Å². The summed E-state index contributed by atoms with van der Waals surface area (Å²) in [4.78, 5) is 12.3. The Hall–Kier alpha value is -3.07. The normalized spacial score (nSPS) is 10.5. The quantitative estimate of drug-likeness (QED) is 0.263. The second-order valence-electron chi connectivity index (χ2n) is 6.80. The lowest BCUT2D eigenvalue weighted by molar-refractivity contribution is 0.0735. The Morgan fingerprint density at radius 1 is 0.750 bits per heavy atom. The minimum absolute atomic E-state index is 0.383. The van der Waals surface area contributed by atoms with Crippen LogP contribution in [-0.2, 0) is 6.42 Å². The zero-order valence-electron chi connectivity index (χ0n) is 16.5. The topological polar surface area (TPSA) is 35.5 Å². The van der Waals surface area contributed by atoms with Gasteiger partial charge in [-0.05, 0) is 65.9 Å². The largest absolute Gasteiger partial charge is 0.497 e. The second-order valence-corrected chi connectivity index (χ2v) is 6.80. The Balaban J connectivity index is 1.61. The third-order valence-electron chi connectivity index (χ3n) is 4.75. The van der Waals surface area contributed by atoms with E-state index in [0.717, 1.165) is 17.5 Å². The molecular formula is C25H26O3. The van der Waals surface area contributed by atoms with Gasteiger partial charge in [-0.15, -0.1) is 0 Å². The summed E-state index contributed by atoms with van der Waals surface area (Å²) in [5, 5.41) is 0. The van der Waals surface area contributed by atoms with Crippen molar-refractivity contribution in [1.82, 2.24) is 0 Å². The number of hydrogen-bond acceptors (Lipinski definition) is 3. The number of hydrogen-bond donors (Lipinski definition) is 0. The summed E-state index contributed by atoms with van der Waals surface area (Å²) in [5.74, 6) is 0.852. The number of benzene rings is 3.